The maximum atomic E-state index is 4.53. The molecule has 3 rings (SSSR count). The maximum Gasteiger partial charge on any atom is 0.114 e. The smallest absolute Gasteiger partial charge is 0.114 e. The molecular formula is C24H28BN. The van der Waals surface area contributed by atoms with Crippen molar-refractivity contribution in [2.75, 3.05) is 0 Å². The highest BCUT2D eigenvalue weighted by molar-refractivity contribution is 6.15. The summed E-state index contributed by atoms with van der Waals surface area (Å²) in [6.45, 7) is 9.27. The van der Waals surface area contributed by atoms with Gasteiger partial charge in [0.25, 0.3) is 0 Å². The van der Waals surface area contributed by atoms with E-state index in [-0.39, 0.29) is 5.31 Å². The molecule has 26 heavy (non-hydrogen) atoms. The van der Waals surface area contributed by atoms with Crippen LogP contribution in [0.5, 0.6) is 0 Å². The monoisotopic (exact) mass is 341 g/mol. The summed E-state index contributed by atoms with van der Waals surface area (Å²) in [5, 5.41) is 0.171. The quantitative estimate of drug-likeness (QED) is 0.555. The molecule has 1 heterocycles. The second-order valence-electron chi connectivity index (χ2n) is 8.99. The summed E-state index contributed by atoms with van der Waals surface area (Å²) in [6.07, 6.45) is 3.06. The number of aromatic nitrogens is 1. The van der Waals surface area contributed by atoms with Crippen molar-refractivity contribution in [3.05, 3.63) is 78.5 Å². The molecule has 0 saturated heterocycles. The van der Waals surface area contributed by atoms with Crippen LogP contribution in [-0.4, -0.2) is 12.8 Å². The van der Waals surface area contributed by atoms with E-state index in [1.54, 1.807) is 0 Å². The van der Waals surface area contributed by atoms with Crippen LogP contribution in [0.1, 0.15) is 39.7 Å². The van der Waals surface area contributed by atoms with E-state index in [2.05, 4.69) is 101 Å². The predicted molar refractivity (Wildman–Crippen MR) is 115 cm³/mol. The number of hydrogen-bond donors (Lipinski definition) is 0. The highest BCUT2D eigenvalue weighted by atomic mass is 14.7. The van der Waals surface area contributed by atoms with Gasteiger partial charge in [-0.15, -0.1) is 0 Å². The zero-order chi connectivity index (χ0) is 18.8. The summed E-state index contributed by atoms with van der Waals surface area (Å²) in [7, 11) is 2.34. The average molecular weight is 341 g/mol. The molecule has 0 saturated carbocycles. The van der Waals surface area contributed by atoms with Crippen molar-refractivity contribution in [3.63, 3.8) is 0 Å². The van der Waals surface area contributed by atoms with Gasteiger partial charge in [-0.3, -0.25) is 4.98 Å². The molecule has 0 aliphatic rings. The molecule has 0 aliphatic carbocycles. The largest absolute Gasteiger partial charge is 0.256 e. The summed E-state index contributed by atoms with van der Waals surface area (Å²) in [5.41, 5.74) is 6.32. The van der Waals surface area contributed by atoms with E-state index in [1.807, 2.05) is 12.3 Å². The molecule has 3 aromatic rings. The molecule has 2 heteroatoms. The lowest BCUT2D eigenvalue weighted by atomic mass is 9.59. The van der Waals surface area contributed by atoms with Gasteiger partial charge in [-0.25, -0.2) is 0 Å². The van der Waals surface area contributed by atoms with E-state index < -0.39 is 0 Å². The Morgan fingerprint density at radius 1 is 0.769 bits per heavy atom. The van der Waals surface area contributed by atoms with Crippen molar-refractivity contribution in [1.29, 1.82) is 0 Å². The molecule has 1 unspecified atom stereocenters. The van der Waals surface area contributed by atoms with Crippen LogP contribution in [0.4, 0.5) is 0 Å². The summed E-state index contributed by atoms with van der Waals surface area (Å²) < 4.78 is 0. The van der Waals surface area contributed by atoms with Crippen LogP contribution >= 0.6 is 0 Å². The third-order valence-electron chi connectivity index (χ3n) is 4.80. The van der Waals surface area contributed by atoms with Gasteiger partial charge in [0.2, 0.25) is 0 Å². The van der Waals surface area contributed by atoms with Gasteiger partial charge in [0.05, 0.1) is 5.69 Å². The van der Waals surface area contributed by atoms with Crippen molar-refractivity contribution in [2.24, 2.45) is 5.41 Å². The van der Waals surface area contributed by atoms with Gasteiger partial charge >= 0.3 is 0 Å². The van der Waals surface area contributed by atoms with E-state index in [9.17, 15) is 0 Å². The Hall–Kier alpha value is -2.35. The normalized spacial score (nSPS) is 14.0. The van der Waals surface area contributed by atoms with Gasteiger partial charge in [0, 0.05) is 11.8 Å². The van der Waals surface area contributed by atoms with Gasteiger partial charge in [-0.05, 0) is 40.4 Å². The summed E-state index contributed by atoms with van der Waals surface area (Å²) in [4.78, 5) is 4.53. The van der Waals surface area contributed by atoms with Crippen LogP contribution in [-0.2, 0) is 5.31 Å². The minimum atomic E-state index is 0.171. The SMILES string of the molecule is BC(C)(CC(C)(C)C)c1ccc(-c2ccnc(-c3ccccc3)c2)cc1. The molecule has 0 radical (unpaired) electrons. The fourth-order valence-electron chi connectivity index (χ4n) is 3.92. The molecule has 0 N–H and O–H groups in total. The van der Waals surface area contributed by atoms with Crippen molar-refractivity contribution in [3.8, 4) is 22.4 Å². The first-order chi connectivity index (χ1) is 12.2. The van der Waals surface area contributed by atoms with E-state index in [4.69, 9.17) is 0 Å². The standard InChI is InChI=1S/C24H28BN/c1-23(2,3)17-24(4,25)21-12-10-18(11-13-21)20-14-15-26-22(16-20)19-8-6-5-7-9-19/h5-16H,17,25H2,1-4H3. The molecule has 0 fully saturated rings. The van der Waals surface area contributed by atoms with Crippen molar-refractivity contribution >= 4 is 7.85 Å². The van der Waals surface area contributed by atoms with Gasteiger partial charge in [-0.1, -0.05) is 87.9 Å². The Morgan fingerprint density at radius 3 is 2.04 bits per heavy atom. The van der Waals surface area contributed by atoms with Gasteiger partial charge < -0.3 is 0 Å². The molecule has 0 amide bonds. The van der Waals surface area contributed by atoms with Crippen LogP contribution in [0.15, 0.2) is 72.9 Å². The van der Waals surface area contributed by atoms with Crippen LogP contribution in [0.2, 0.25) is 0 Å². The van der Waals surface area contributed by atoms with E-state index in [1.165, 1.54) is 16.7 Å². The second-order valence-corrected chi connectivity index (χ2v) is 8.99. The zero-order valence-corrected chi connectivity index (χ0v) is 16.6. The Balaban J connectivity index is 1.88. The first kappa shape index (κ1) is 18.4. The lowest BCUT2D eigenvalue weighted by Gasteiger charge is -2.33. The highest BCUT2D eigenvalue weighted by Gasteiger charge is 2.27. The molecule has 0 spiro atoms. The fourth-order valence-corrected chi connectivity index (χ4v) is 3.92. The summed E-state index contributed by atoms with van der Waals surface area (Å²) >= 11 is 0. The van der Waals surface area contributed by atoms with E-state index in [0.717, 1.165) is 17.7 Å². The van der Waals surface area contributed by atoms with Gasteiger partial charge in [-0.2, -0.15) is 0 Å². The minimum Gasteiger partial charge on any atom is -0.256 e. The highest BCUT2D eigenvalue weighted by Crippen LogP contribution is 2.35. The minimum absolute atomic E-state index is 0.171. The van der Waals surface area contributed by atoms with Crippen LogP contribution in [0.25, 0.3) is 22.4 Å². The topological polar surface area (TPSA) is 12.9 Å². The molecule has 2 aromatic carbocycles. The number of hydrogen-bond acceptors (Lipinski definition) is 1. The molecule has 0 bridgehead atoms. The third kappa shape index (κ3) is 4.43. The van der Waals surface area contributed by atoms with Crippen molar-refractivity contribution < 1.29 is 0 Å². The zero-order valence-electron chi connectivity index (χ0n) is 16.6. The van der Waals surface area contributed by atoms with Crippen molar-refractivity contribution in [1.82, 2.24) is 4.98 Å². The van der Waals surface area contributed by atoms with Gasteiger partial charge in [0.15, 0.2) is 0 Å². The van der Waals surface area contributed by atoms with E-state index in [0.29, 0.717) is 5.41 Å². The number of benzene rings is 2. The van der Waals surface area contributed by atoms with Crippen LogP contribution in [0, 0.1) is 5.41 Å². The summed E-state index contributed by atoms with van der Waals surface area (Å²) in [5.74, 6) is 0. The molecule has 132 valence electrons. The Morgan fingerprint density at radius 2 is 1.42 bits per heavy atom. The average Bonchev–Trinajstić information content (AvgIpc) is 2.61. The second kappa shape index (κ2) is 7.11. The molecule has 1 atom stereocenters. The third-order valence-corrected chi connectivity index (χ3v) is 4.80. The molecule has 1 aromatic heterocycles. The van der Waals surface area contributed by atoms with Crippen LogP contribution in [0.3, 0.4) is 0 Å². The molecular weight excluding hydrogens is 313 g/mol. The summed E-state index contributed by atoms with van der Waals surface area (Å²) in [6, 6.07) is 23.6. The maximum absolute atomic E-state index is 4.53. The Bertz CT molecular complexity index is 859. The number of nitrogens with zero attached hydrogens (tertiary/aromatic N) is 1. The lowest BCUT2D eigenvalue weighted by molar-refractivity contribution is 0.327. The Kier molecular flexibility index (Phi) is 5.04. The first-order valence-electron chi connectivity index (χ1n) is 9.37. The number of pyridine rings is 1. The van der Waals surface area contributed by atoms with Crippen LogP contribution < -0.4 is 0 Å². The van der Waals surface area contributed by atoms with Gasteiger partial charge in [0.1, 0.15) is 7.85 Å². The van der Waals surface area contributed by atoms with Crippen molar-refractivity contribution in [2.45, 2.75) is 39.4 Å². The number of rotatable bonds is 4. The Labute approximate surface area is 158 Å². The van der Waals surface area contributed by atoms with E-state index >= 15 is 0 Å². The molecule has 0 aliphatic heterocycles. The predicted octanol–water partition coefficient (Wildman–Crippen LogP) is 5.70. The lowest BCUT2D eigenvalue weighted by Crippen LogP contribution is -2.28. The molecule has 1 nitrogen and oxygen atoms in total. The first-order valence-corrected chi connectivity index (χ1v) is 9.37. The fraction of sp³-hybridized carbons (Fsp3) is 0.292.